The number of halogens is 1. The van der Waals surface area contributed by atoms with E-state index in [0.717, 1.165) is 12.8 Å². The van der Waals surface area contributed by atoms with Gasteiger partial charge in [0.2, 0.25) is 0 Å². The van der Waals surface area contributed by atoms with E-state index in [0.29, 0.717) is 17.3 Å². The van der Waals surface area contributed by atoms with Crippen molar-refractivity contribution in [3.8, 4) is 0 Å². The zero-order valence-corrected chi connectivity index (χ0v) is 7.18. The molecular weight excluding hydrogens is 167 g/mol. The van der Waals surface area contributed by atoms with Crippen LogP contribution in [0.25, 0.3) is 0 Å². The Kier molecular flexibility index (Phi) is 2.00. The van der Waals surface area contributed by atoms with E-state index in [4.69, 9.17) is 5.41 Å². The Balaban J connectivity index is 2.07. The largest absolute Gasteiger partial charge is 0.361 e. The molecule has 0 aromatic carbocycles. The molecule has 0 saturated heterocycles. The van der Waals surface area contributed by atoms with Crippen LogP contribution in [0.15, 0.2) is 36.0 Å². The van der Waals surface area contributed by atoms with Gasteiger partial charge in [0.05, 0.1) is 0 Å². The van der Waals surface area contributed by atoms with Crippen molar-refractivity contribution in [3.05, 3.63) is 36.0 Å². The topological polar surface area (TPSA) is 35.9 Å². The molecule has 2 nitrogen and oxygen atoms in total. The summed E-state index contributed by atoms with van der Waals surface area (Å²) in [7, 11) is 0. The highest BCUT2D eigenvalue weighted by Crippen LogP contribution is 2.30. The van der Waals surface area contributed by atoms with E-state index < -0.39 is 0 Å². The molecule has 0 atom stereocenters. The van der Waals surface area contributed by atoms with Gasteiger partial charge in [0.25, 0.3) is 0 Å². The van der Waals surface area contributed by atoms with Crippen molar-refractivity contribution in [2.24, 2.45) is 5.92 Å². The SMILES string of the molecule is N=C(/C=C1/C=C(F)C=CN1)C1CC1. The van der Waals surface area contributed by atoms with Gasteiger partial charge in [-0.2, -0.15) is 0 Å². The van der Waals surface area contributed by atoms with Crippen LogP contribution in [-0.4, -0.2) is 5.71 Å². The summed E-state index contributed by atoms with van der Waals surface area (Å²) in [6.07, 6.45) is 8.20. The fourth-order valence-electron chi connectivity index (χ4n) is 1.22. The summed E-state index contributed by atoms with van der Waals surface area (Å²) in [6, 6.07) is 0. The number of allylic oxidation sites excluding steroid dienone is 4. The van der Waals surface area contributed by atoms with Gasteiger partial charge in [-0.3, -0.25) is 0 Å². The maximum absolute atomic E-state index is 12.7. The Bertz CT molecular complexity index is 322. The third-order valence-electron chi connectivity index (χ3n) is 2.11. The highest BCUT2D eigenvalue weighted by atomic mass is 19.1. The van der Waals surface area contributed by atoms with Gasteiger partial charge in [0.1, 0.15) is 5.83 Å². The van der Waals surface area contributed by atoms with Gasteiger partial charge in [-0.15, -0.1) is 0 Å². The second kappa shape index (κ2) is 3.17. The highest BCUT2D eigenvalue weighted by Gasteiger charge is 2.25. The van der Waals surface area contributed by atoms with Crippen LogP contribution in [0.3, 0.4) is 0 Å². The number of nitrogens with one attached hydrogen (secondary N) is 2. The van der Waals surface area contributed by atoms with Crippen molar-refractivity contribution in [2.75, 3.05) is 0 Å². The van der Waals surface area contributed by atoms with E-state index >= 15 is 0 Å². The molecule has 2 rings (SSSR count). The van der Waals surface area contributed by atoms with E-state index in [1.54, 1.807) is 12.3 Å². The number of hydrogen-bond donors (Lipinski definition) is 2. The lowest BCUT2D eigenvalue weighted by Crippen LogP contribution is -2.09. The van der Waals surface area contributed by atoms with Crippen molar-refractivity contribution in [1.82, 2.24) is 5.32 Å². The molecule has 0 spiro atoms. The first-order valence-corrected chi connectivity index (χ1v) is 4.36. The van der Waals surface area contributed by atoms with Crippen molar-refractivity contribution in [1.29, 1.82) is 5.41 Å². The molecule has 0 amide bonds. The Morgan fingerprint density at radius 1 is 1.62 bits per heavy atom. The predicted molar refractivity (Wildman–Crippen MR) is 50.0 cm³/mol. The van der Waals surface area contributed by atoms with Crippen molar-refractivity contribution < 1.29 is 4.39 Å². The molecular formula is C10H11FN2. The van der Waals surface area contributed by atoms with Gasteiger partial charge >= 0.3 is 0 Å². The van der Waals surface area contributed by atoms with Crippen LogP contribution in [-0.2, 0) is 0 Å². The van der Waals surface area contributed by atoms with Gasteiger partial charge < -0.3 is 10.7 Å². The van der Waals surface area contributed by atoms with Crippen LogP contribution < -0.4 is 5.32 Å². The summed E-state index contributed by atoms with van der Waals surface area (Å²) in [5, 5.41) is 10.5. The molecule has 68 valence electrons. The van der Waals surface area contributed by atoms with Crippen molar-refractivity contribution in [2.45, 2.75) is 12.8 Å². The minimum atomic E-state index is -0.270. The van der Waals surface area contributed by atoms with Crippen LogP contribution in [0.4, 0.5) is 4.39 Å². The zero-order valence-electron chi connectivity index (χ0n) is 7.18. The van der Waals surface area contributed by atoms with Gasteiger partial charge in [-0.25, -0.2) is 4.39 Å². The Labute approximate surface area is 76.3 Å². The maximum atomic E-state index is 12.7. The second-order valence-corrected chi connectivity index (χ2v) is 3.34. The average Bonchev–Trinajstić information content (AvgIpc) is 2.85. The van der Waals surface area contributed by atoms with E-state index in [1.807, 2.05) is 0 Å². The molecule has 0 aromatic rings. The summed E-state index contributed by atoms with van der Waals surface area (Å²) < 4.78 is 12.7. The molecule has 1 heterocycles. The molecule has 3 heteroatoms. The summed E-state index contributed by atoms with van der Waals surface area (Å²) in [5.41, 5.74) is 1.26. The second-order valence-electron chi connectivity index (χ2n) is 3.34. The Morgan fingerprint density at radius 3 is 3.00 bits per heavy atom. The van der Waals surface area contributed by atoms with Crippen LogP contribution in [0.1, 0.15) is 12.8 Å². The maximum Gasteiger partial charge on any atom is 0.126 e. The monoisotopic (exact) mass is 178 g/mol. The Hall–Kier alpha value is -1.38. The molecule has 1 aliphatic heterocycles. The van der Waals surface area contributed by atoms with Gasteiger partial charge in [-0.1, -0.05) is 0 Å². The van der Waals surface area contributed by atoms with Crippen LogP contribution in [0.5, 0.6) is 0 Å². The number of rotatable bonds is 2. The molecule has 1 aliphatic carbocycles. The molecule has 0 radical (unpaired) electrons. The predicted octanol–water partition coefficient (Wildman–Crippen LogP) is 2.27. The molecule has 13 heavy (non-hydrogen) atoms. The smallest absolute Gasteiger partial charge is 0.126 e. The first-order chi connectivity index (χ1) is 6.25. The van der Waals surface area contributed by atoms with Crippen LogP contribution in [0, 0.1) is 11.3 Å². The molecule has 1 fully saturated rings. The molecule has 0 bridgehead atoms. The lowest BCUT2D eigenvalue weighted by Gasteiger charge is -2.06. The minimum absolute atomic E-state index is 0.270. The lowest BCUT2D eigenvalue weighted by atomic mass is 10.2. The summed E-state index contributed by atoms with van der Waals surface area (Å²) in [4.78, 5) is 0. The molecule has 0 aromatic heterocycles. The third-order valence-corrected chi connectivity index (χ3v) is 2.11. The fourth-order valence-corrected chi connectivity index (χ4v) is 1.22. The summed E-state index contributed by atoms with van der Waals surface area (Å²) in [6.45, 7) is 0. The van der Waals surface area contributed by atoms with E-state index in [9.17, 15) is 4.39 Å². The fraction of sp³-hybridized carbons (Fsp3) is 0.300. The minimum Gasteiger partial charge on any atom is -0.361 e. The summed E-state index contributed by atoms with van der Waals surface area (Å²) in [5.74, 6) is 0.144. The molecule has 1 saturated carbocycles. The summed E-state index contributed by atoms with van der Waals surface area (Å²) >= 11 is 0. The molecule has 2 N–H and O–H groups in total. The quantitative estimate of drug-likeness (QED) is 0.625. The lowest BCUT2D eigenvalue weighted by molar-refractivity contribution is 0.659. The first kappa shape index (κ1) is 8.23. The van der Waals surface area contributed by atoms with Gasteiger partial charge in [0, 0.05) is 23.5 Å². The van der Waals surface area contributed by atoms with E-state index in [1.165, 1.54) is 12.2 Å². The number of dihydropyridines is 1. The Morgan fingerprint density at radius 2 is 2.38 bits per heavy atom. The van der Waals surface area contributed by atoms with Crippen molar-refractivity contribution in [3.63, 3.8) is 0 Å². The van der Waals surface area contributed by atoms with Crippen LogP contribution in [0.2, 0.25) is 0 Å². The highest BCUT2D eigenvalue weighted by molar-refractivity contribution is 5.96. The van der Waals surface area contributed by atoms with Crippen molar-refractivity contribution >= 4 is 5.71 Å². The van der Waals surface area contributed by atoms with Crippen LogP contribution >= 0.6 is 0 Å². The normalized spacial score (nSPS) is 24.1. The van der Waals surface area contributed by atoms with E-state index in [2.05, 4.69) is 5.32 Å². The average molecular weight is 178 g/mol. The molecule has 2 aliphatic rings. The zero-order chi connectivity index (χ0) is 9.26. The van der Waals surface area contributed by atoms with E-state index in [-0.39, 0.29) is 5.83 Å². The van der Waals surface area contributed by atoms with Gasteiger partial charge in [0.15, 0.2) is 0 Å². The third kappa shape index (κ3) is 2.05. The van der Waals surface area contributed by atoms with Gasteiger partial charge in [-0.05, 0) is 31.1 Å². The first-order valence-electron chi connectivity index (χ1n) is 4.36. The number of hydrogen-bond acceptors (Lipinski definition) is 2. The molecule has 0 unspecified atom stereocenters. The standard InChI is InChI=1S/C10H11FN2/c11-8-3-4-13-9(5-8)6-10(12)7-1-2-7/h3-7,12-13H,1-2H2/b9-6-,12-10?.